The molecule has 2 unspecified atom stereocenters. The van der Waals surface area contributed by atoms with Crippen LogP contribution in [0.2, 0.25) is 0 Å². The van der Waals surface area contributed by atoms with E-state index in [0.717, 1.165) is 31.6 Å². The smallest absolute Gasteiger partial charge is 0.310 e. The lowest BCUT2D eigenvalue weighted by Gasteiger charge is -2.39. The van der Waals surface area contributed by atoms with Crippen LogP contribution in [0.4, 0.5) is 0 Å². The van der Waals surface area contributed by atoms with E-state index in [9.17, 15) is 9.90 Å². The normalized spacial score (nSPS) is 28.1. The summed E-state index contributed by atoms with van der Waals surface area (Å²) in [5.74, 6) is 0.509. The van der Waals surface area contributed by atoms with Crippen molar-refractivity contribution in [1.82, 2.24) is 0 Å². The molecule has 0 heterocycles. The fraction of sp³-hybridized carbons (Fsp3) is 0.611. The first kappa shape index (κ1) is 13.7. The van der Waals surface area contributed by atoms with E-state index in [1.54, 1.807) is 0 Å². The van der Waals surface area contributed by atoms with E-state index in [4.69, 9.17) is 0 Å². The SMILES string of the molecule is CCC1CCCC(C2(C(=O)O)Cc3ccccc3C2)C1. The highest BCUT2D eigenvalue weighted by atomic mass is 16.4. The predicted molar refractivity (Wildman–Crippen MR) is 79.7 cm³/mol. The molecule has 1 N–H and O–H groups in total. The molecule has 0 aromatic heterocycles. The maximum Gasteiger partial charge on any atom is 0.310 e. The van der Waals surface area contributed by atoms with E-state index in [1.165, 1.54) is 30.4 Å². The van der Waals surface area contributed by atoms with Crippen LogP contribution in [0.5, 0.6) is 0 Å². The lowest BCUT2D eigenvalue weighted by Crippen LogP contribution is -2.42. The van der Waals surface area contributed by atoms with Gasteiger partial charge >= 0.3 is 5.97 Å². The lowest BCUT2D eigenvalue weighted by atomic mass is 9.64. The van der Waals surface area contributed by atoms with Gasteiger partial charge in [0.25, 0.3) is 0 Å². The van der Waals surface area contributed by atoms with Gasteiger partial charge in [-0.1, -0.05) is 50.5 Å². The van der Waals surface area contributed by atoms with Crippen molar-refractivity contribution in [3.63, 3.8) is 0 Å². The summed E-state index contributed by atoms with van der Waals surface area (Å²) in [6.07, 6.45) is 7.36. The first-order valence-corrected chi connectivity index (χ1v) is 7.96. The molecule has 2 aliphatic carbocycles. The number of fused-ring (bicyclic) bond motifs is 1. The Balaban J connectivity index is 1.89. The molecule has 1 fully saturated rings. The van der Waals surface area contributed by atoms with Crippen molar-refractivity contribution in [3.8, 4) is 0 Å². The van der Waals surface area contributed by atoms with Crippen molar-refractivity contribution >= 4 is 5.97 Å². The number of carboxylic acid groups (broad SMARTS) is 1. The average Bonchev–Trinajstić information content (AvgIpc) is 2.88. The zero-order chi connectivity index (χ0) is 14.2. The van der Waals surface area contributed by atoms with Crippen LogP contribution in [0, 0.1) is 17.3 Å². The summed E-state index contributed by atoms with van der Waals surface area (Å²) in [4.78, 5) is 12.1. The molecule has 0 amide bonds. The van der Waals surface area contributed by atoms with E-state index in [-0.39, 0.29) is 0 Å². The van der Waals surface area contributed by atoms with Crippen LogP contribution in [-0.4, -0.2) is 11.1 Å². The van der Waals surface area contributed by atoms with E-state index in [1.807, 2.05) is 12.1 Å². The minimum Gasteiger partial charge on any atom is -0.481 e. The number of benzene rings is 1. The minimum absolute atomic E-state index is 0.353. The highest BCUT2D eigenvalue weighted by Crippen LogP contribution is 2.49. The zero-order valence-corrected chi connectivity index (χ0v) is 12.3. The molecule has 3 rings (SSSR count). The number of hydrogen-bond acceptors (Lipinski definition) is 1. The van der Waals surface area contributed by atoms with Crippen LogP contribution in [0.3, 0.4) is 0 Å². The second kappa shape index (κ2) is 5.23. The van der Waals surface area contributed by atoms with Gasteiger partial charge in [0.15, 0.2) is 0 Å². The molecule has 20 heavy (non-hydrogen) atoms. The molecule has 0 aliphatic heterocycles. The maximum atomic E-state index is 12.1. The highest BCUT2D eigenvalue weighted by Gasteiger charge is 2.50. The number of carbonyl (C=O) groups is 1. The summed E-state index contributed by atoms with van der Waals surface area (Å²) in [5.41, 5.74) is 1.99. The Hall–Kier alpha value is -1.31. The minimum atomic E-state index is -0.574. The lowest BCUT2D eigenvalue weighted by molar-refractivity contribution is -0.153. The number of hydrogen-bond donors (Lipinski definition) is 1. The Morgan fingerprint density at radius 2 is 1.90 bits per heavy atom. The Morgan fingerprint density at radius 3 is 2.45 bits per heavy atom. The first-order valence-electron chi connectivity index (χ1n) is 7.96. The molecule has 0 bridgehead atoms. The third-order valence-electron chi connectivity index (χ3n) is 5.70. The van der Waals surface area contributed by atoms with Gasteiger partial charge in [-0.2, -0.15) is 0 Å². The van der Waals surface area contributed by atoms with Gasteiger partial charge in [-0.05, 0) is 48.6 Å². The number of aliphatic carboxylic acids is 1. The molecule has 1 aromatic rings. The summed E-state index contributed by atoms with van der Waals surface area (Å²) < 4.78 is 0. The van der Waals surface area contributed by atoms with Crippen LogP contribution >= 0.6 is 0 Å². The van der Waals surface area contributed by atoms with Crippen molar-refractivity contribution in [2.24, 2.45) is 17.3 Å². The molecular weight excluding hydrogens is 248 g/mol. The van der Waals surface area contributed by atoms with Gasteiger partial charge in [0, 0.05) is 0 Å². The standard InChI is InChI=1S/C18H24O2/c1-2-13-6-5-9-16(10-13)18(17(19)20)11-14-7-3-4-8-15(14)12-18/h3-4,7-8,13,16H,2,5-6,9-12H2,1H3,(H,19,20). The topological polar surface area (TPSA) is 37.3 Å². The number of carboxylic acids is 1. The van der Waals surface area contributed by atoms with Gasteiger partial charge in [0.05, 0.1) is 5.41 Å². The van der Waals surface area contributed by atoms with E-state index >= 15 is 0 Å². The molecule has 1 aromatic carbocycles. The monoisotopic (exact) mass is 272 g/mol. The second-order valence-corrected chi connectivity index (χ2v) is 6.72. The summed E-state index contributed by atoms with van der Waals surface area (Å²) in [5, 5.41) is 9.95. The van der Waals surface area contributed by atoms with Crippen molar-refractivity contribution in [1.29, 1.82) is 0 Å². The fourth-order valence-corrected chi connectivity index (χ4v) is 4.42. The maximum absolute atomic E-state index is 12.1. The van der Waals surface area contributed by atoms with Gasteiger partial charge in [-0.25, -0.2) is 0 Å². The molecule has 1 saturated carbocycles. The molecule has 2 heteroatoms. The zero-order valence-electron chi connectivity index (χ0n) is 12.3. The van der Waals surface area contributed by atoms with Crippen molar-refractivity contribution < 1.29 is 9.90 Å². The van der Waals surface area contributed by atoms with E-state index < -0.39 is 11.4 Å². The second-order valence-electron chi connectivity index (χ2n) is 6.72. The van der Waals surface area contributed by atoms with Crippen LogP contribution in [0.25, 0.3) is 0 Å². The van der Waals surface area contributed by atoms with Crippen LogP contribution in [-0.2, 0) is 17.6 Å². The van der Waals surface area contributed by atoms with Crippen molar-refractivity contribution in [3.05, 3.63) is 35.4 Å². The Kier molecular flexibility index (Phi) is 3.57. The van der Waals surface area contributed by atoms with Gasteiger partial charge in [0.1, 0.15) is 0 Å². The highest BCUT2D eigenvalue weighted by molar-refractivity contribution is 5.77. The van der Waals surface area contributed by atoms with Crippen LogP contribution in [0.15, 0.2) is 24.3 Å². The molecule has 2 aliphatic rings. The van der Waals surface area contributed by atoms with Crippen LogP contribution in [0.1, 0.15) is 50.2 Å². The first-order chi connectivity index (χ1) is 9.65. The number of rotatable bonds is 3. The van der Waals surface area contributed by atoms with Gasteiger partial charge < -0.3 is 5.11 Å². The summed E-state index contributed by atoms with van der Waals surface area (Å²) in [6, 6.07) is 8.29. The van der Waals surface area contributed by atoms with Crippen LogP contribution < -0.4 is 0 Å². The molecule has 108 valence electrons. The molecule has 0 saturated heterocycles. The van der Waals surface area contributed by atoms with Crippen molar-refractivity contribution in [2.45, 2.75) is 51.9 Å². The van der Waals surface area contributed by atoms with Crippen molar-refractivity contribution in [2.75, 3.05) is 0 Å². The largest absolute Gasteiger partial charge is 0.481 e. The summed E-state index contributed by atoms with van der Waals surface area (Å²) in [6.45, 7) is 2.24. The predicted octanol–water partition coefficient (Wildman–Crippen LogP) is 4.07. The quantitative estimate of drug-likeness (QED) is 0.900. The molecule has 0 spiro atoms. The fourth-order valence-electron chi connectivity index (χ4n) is 4.42. The summed E-state index contributed by atoms with van der Waals surface area (Å²) in [7, 11) is 0. The summed E-state index contributed by atoms with van der Waals surface area (Å²) >= 11 is 0. The molecule has 2 atom stereocenters. The third kappa shape index (κ3) is 2.15. The van der Waals surface area contributed by atoms with Gasteiger partial charge in [-0.3, -0.25) is 4.79 Å². The Labute approximate surface area is 121 Å². The van der Waals surface area contributed by atoms with Gasteiger partial charge in [0.2, 0.25) is 0 Å². The Bertz CT molecular complexity index is 481. The Morgan fingerprint density at radius 1 is 1.25 bits per heavy atom. The van der Waals surface area contributed by atoms with E-state index in [2.05, 4.69) is 19.1 Å². The van der Waals surface area contributed by atoms with Gasteiger partial charge in [-0.15, -0.1) is 0 Å². The molecule has 2 nitrogen and oxygen atoms in total. The molecule has 0 radical (unpaired) electrons. The third-order valence-corrected chi connectivity index (χ3v) is 5.70. The molecular formula is C18H24O2. The van der Waals surface area contributed by atoms with E-state index in [0.29, 0.717) is 5.92 Å². The average molecular weight is 272 g/mol.